The molecule has 2 aromatic carbocycles. The number of hydrogen-bond acceptors (Lipinski definition) is 6. The van der Waals surface area contributed by atoms with Crippen LogP contribution in [-0.2, 0) is 13.0 Å². The first-order valence-electron chi connectivity index (χ1n) is 11.4. The number of nitrogens with zero attached hydrogens (tertiary/aromatic N) is 3. The second kappa shape index (κ2) is 9.42. The van der Waals surface area contributed by atoms with Gasteiger partial charge in [-0.2, -0.15) is 0 Å². The number of fused-ring (bicyclic) bond motifs is 2. The molecular weight excluding hydrogens is 452 g/mol. The summed E-state index contributed by atoms with van der Waals surface area (Å²) >= 11 is 0. The van der Waals surface area contributed by atoms with Gasteiger partial charge >= 0.3 is 0 Å². The van der Waals surface area contributed by atoms with E-state index >= 15 is 0 Å². The lowest BCUT2D eigenvalue weighted by Crippen LogP contribution is -2.23. The van der Waals surface area contributed by atoms with Gasteiger partial charge in [-0.15, -0.1) is 0 Å². The molecule has 8 heteroatoms. The number of primary amides is 1. The highest BCUT2D eigenvalue weighted by molar-refractivity contribution is 6.05. The van der Waals surface area contributed by atoms with Crippen LogP contribution in [0.4, 0.5) is 5.82 Å². The first-order chi connectivity index (χ1) is 17.4. The topological polar surface area (TPSA) is 137 Å². The standard InChI is InChI=1S/C28H24N6O2/c1-16-8-21-10-18(12-24(27(30)35)25(21)33-14-16)11-22-13-20(5-6-31-22)28(36)34-15-17-2-3-23-19(9-17)4-7-32-26(23)29/h2-10,12-14H,11,15H2,1H3,(H2,29,32)(H2,30,35)(H,34,36). The second-order valence-electron chi connectivity index (χ2n) is 8.74. The minimum absolute atomic E-state index is 0.204. The van der Waals surface area contributed by atoms with Gasteiger partial charge in [0, 0.05) is 53.6 Å². The molecule has 3 heterocycles. The Morgan fingerprint density at radius 3 is 2.53 bits per heavy atom. The number of aryl methyl sites for hydroxylation is 1. The fraction of sp³-hybridized carbons (Fsp3) is 0.107. The van der Waals surface area contributed by atoms with Crippen LogP contribution in [0.15, 0.2) is 73.2 Å². The number of nitrogens with two attached hydrogens (primary N) is 2. The van der Waals surface area contributed by atoms with Gasteiger partial charge in [0.2, 0.25) is 0 Å². The van der Waals surface area contributed by atoms with Crippen molar-refractivity contribution in [2.45, 2.75) is 19.9 Å². The lowest BCUT2D eigenvalue weighted by Gasteiger charge is -2.10. The van der Waals surface area contributed by atoms with Gasteiger partial charge in [-0.05, 0) is 71.5 Å². The lowest BCUT2D eigenvalue weighted by molar-refractivity contribution is 0.0949. The summed E-state index contributed by atoms with van der Waals surface area (Å²) in [6, 6.07) is 16.8. The van der Waals surface area contributed by atoms with Crippen molar-refractivity contribution in [3.63, 3.8) is 0 Å². The Morgan fingerprint density at radius 2 is 1.69 bits per heavy atom. The van der Waals surface area contributed by atoms with Gasteiger partial charge < -0.3 is 16.8 Å². The molecule has 0 unspecified atom stereocenters. The average Bonchev–Trinajstić information content (AvgIpc) is 2.86. The molecule has 5 N–H and O–H groups in total. The van der Waals surface area contributed by atoms with Crippen molar-refractivity contribution in [2.24, 2.45) is 5.73 Å². The van der Waals surface area contributed by atoms with Crippen LogP contribution < -0.4 is 16.8 Å². The van der Waals surface area contributed by atoms with Crippen molar-refractivity contribution < 1.29 is 9.59 Å². The van der Waals surface area contributed by atoms with E-state index in [9.17, 15) is 9.59 Å². The number of amides is 2. The number of carbonyl (C=O) groups excluding carboxylic acids is 2. The predicted octanol–water partition coefficient (Wildman–Crippen LogP) is 3.69. The molecule has 178 valence electrons. The number of aromatic nitrogens is 3. The zero-order chi connectivity index (χ0) is 25.2. The van der Waals surface area contributed by atoms with Crippen LogP contribution in [0, 0.1) is 6.92 Å². The van der Waals surface area contributed by atoms with Crippen molar-refractivity contribution >= 4 is 39.3 Å². The monoisotopic (exact) mass is 476 g/mol. The van der Waals surface area contributed by atoms with E-state index in [2.05, 4.69) is 20.3 Å². The third-order valence-corrected chi connectivity index (χ3v) is 6.02. The van der Waals surface area contributed by atoms with Crippen LogP contribution in [0.3, 0.4) is 0 Å². The number of anilines is 1. The molecule has 5 aromatic rings. The maximum Gasteiger partial charge on any atom is 0.251 e. The summed E-state index contributed by atoms with van der Waals surface area (Å²) in [6.45, 7) is 2.31. The Labute approximate surface area is 207 Å². The van der Waals surface area contributed by atoms with Gasteiger partial charge in [0.05, 0.1) is 11.1 Å². The number of benzene rings is 2. The van der Waals surface area contributed by atoms with E-state index in [0.29, 0.717) is 41.1 Å². The van der Waals surface area contributed by atoms with Crippen molar-refractivity contribution in [3.05, 3.63) is 107 Å². The summed E-state index contributed by atoms with van der Waals surface area (Å²) in [6.07, 6.45) is 5.42. The molecule has 0 atom stereocenters. The molecule has 0 aliphatic carbocycles. The smallest absolute Gasteiger partial charge is 0.251 e. The van der Waals surface area contributed by atoms with Gasteiger partial charge in [0.1, 0.15) is 5.82 Å². The number of hydrogen-bond donors (Lipinski definition) is 3. The Kier molecular flexibility index (Phi) is 6.00. The summed E-state index contributed by atoms with van der Waals surface area (Å²) in [5.41, 5.74) is 16.5. The van der Waals surface area contributed by atoms with E-state index in [-0.39, 0.29) is 5.91 Å². The minimum atomic E-state index is -0.535. The molecule has 0 bridgehead atoms. The fourth-order valence-electron chi connectivity index (χ4n) is 4.28. The van der Waals surface area contributed by atoms with E-state index in [1.807, 2.05) is 43.3 Å². The van der Waals surface area contributed by atoms with Crippen molar-refractivity contribution in [1.82, 2.24) is 20.3 Å². The SMILES string of the molecule is Cc1cnc2c(C(N)=O)cc(Cc3cc(C(=O)NCc4ccc5c(N)nccc5c4)ccn3)cc2c1. The third-order valence-electron chi connectivity index (χ3n) is 6.02. The van der Waals surface area contributed by atoms with Crippen LogP contribution in [-0.4, -0.2) is 26.8 Å². The van der Waals surface area contributed by atoms with E-state index in [0.717, 1.165) is 32.8 Å². The molecule has 0 aliphatic rings. The Balaban J connectivity index is 1.34. The summed E-state index contributed by atoms with van der Waals surface area (Å²) in [5.74, 6) is -0.260. The molecule has 0 aliphatic heterocycles. The summed E-state index contributed by atoms with van der Waals surface area (Å²) in [4.78, 5) is 37.8. The number of rotatable bonds is 6. The molecule has 5 rings (SSSR count). The molecular formula is C28H24N6O2. The molecule has 0 fully saturated rings. The van der Waals surface area contributed by atoms with Gasteiger partial charge in [-0.3, -0.25) is 19.6 Å². The first-order valence-corrected chi connectivity index (χ1v) is 11.4. The highest BCUT2D eigenvalue weighted by Crippen LogP contribution is 2.23. The highest BCUT2D eigenvalue weighted by atomic mass is 16.2. The quantitative estimate of drug-likeness (QED) is 0.342. The van der Waals surface area contributed by atoms with E-state index in [1.54, 1.807) is 36.8 Å². The molecule has 8 nitrogen and oxygen atoms in total. The number of nitrogen functional groups attached to an aromatic ring is 1. The zero-order valence-corrected chi connectivity index (χ0v) is 19.7. The van der Waals surface area contributed by atoms with Crippen LogP contribution in [0.5, 0.6) is 0 Å². The van der Waals surface area contributed by atoms with Gasteiger partial charge in [0.15, 0.2) is 0 Å². The maximum atomic E-state index is 12.9. The number of carbonyl (C=O) groups is 2. The Hall–Kier alpha value is -4.85. The van der Waals surface area contributed by atoms with Crippen molar-refractivity contribution in [3.8, 4) is 0 Å². The Bertz CT molecular complexity index is 1650. The first kappa shape index (κ1) is 22.9. The molecule has 0 spiro atoms. The summed E-state index contributed by atoms with van der Waals surface area (Å²) < 4.78 is 0. The molecule has 0 saturated heterocycles. The number of pyridine rings is 3. The van der Waals surface area contributed by atoms with E-state index in [1.165, 1.54) is 0 Å². The van der Waals surface area contributed by atoms with Gasteiger partial charge in [-0.25, -0.2) is 4.98 Å². The minimum Gasteiger partial charge on any atom is -0.383 e. The molecule has 36 heavy (non-hydrogen) atoms. The van der Waals surface area contributed by atoms with Crippen LogP contribution in [0.25, 0.3) is 21.7 Å². The van der Waals surface area contributed by atoms with Crippen molar-refractivity contribution in [1.29, 1.82) is 0 Å². The zero-order valence-electron chi connectivity index (χ0n) is 19.7. The number of nitrogens with one attached hydrogen (secondary N) is 1. The molecule has 2 amide bonds. The average molecular weight is 477 g/mol. The van der Waals surface area contributed by atoms with Crippen LogP contribution >= 0.6 is 0 Å². The normalized spacial score (nSPS) is 11.0. The predicted molar refractivity (Wildman–Crippen MR) is 139 cm³/mol. The van der Waals surface area contributed by atoms with Crippen LogP contribution in [0.1, 0.15) is 43.1 Å². The van der Waals surface area contributed by atoms with Crippen LogP contribution in [0.2, 0.25) is 0 Å². The third kappa shape index (κ3) is 4.69. The Morgan fingerprint density at radius 1 is 0.889 bits per heavy atom. The maximum absolute atomic E-state index is 12.9. The molecule has 0 radical (unpaired) electrons. The molecule has 0 saturated carbocycles. The van der Waals surface area contributed by atoms with Gasteiger partial charge in [0.25, 0.3) is 11.8 Å². The van der Waals surface area contributed by atoms with Crippen molar-refractivity contribution in [2.75, 3.05) is 5.73 Å². The lowest BCUT2D eigenvalue weighted by atomic mass is 10.00. The highest BCUT2D eigenvalue weighted by Gasteiger charge is 2.13. The largest absolute Gasteiger partial charge is 0.383 e. The molecule has 3 aromatic heterocycles. The van der Waals surface area contributed by atoms with E-state index < -0.39 is 5.91 Å². The fourth-order valence-corrected chi connectivity index (χ4v) is 4.28. The second-order valence-corrected chi connectivity index (χ2v) is 8.74. The van der Waals surface area contributed by atoms with Gasteiger partial charge in [-0.1, -0.05) is 12.1 Å². The van der Waals surface area contributed by atoms with E-state index in [4.69, 9.17) is 11.5 Å². The summed E-state index contributed by atoms with van der Waals surface area (Å²) in [7, 11) is 0. The summed E-state index contributed by atoms with van der Waals surface area (Å²) in [5, 5.41) is 5.64.